The van der Waals surface area contributed by atoms with Gasteiger partial charge < -0.3 is 5.11 Å². The molecule has 5 heteroatoms. The van der Waals surface area contributed by atoms with Gasteiger partial charge in [0.05, 0.1) is 5.69 Å². The van der Waals surface area contributed by atoms with Crippen molar-refractivity contribution in [1.29, 1.82) is 0 Å². The maximum atomic E-state index is 10.7. The number of fused-ring (bicyclic) bond motifs is 1. The number of rotatable bonds is 1. The summed E-state index contributed by atoms with van der Waals surface area (Å²) >= 11 is 0. The van der Waals surface area contributed by atoms with E-state index in [0.717, 1.165) is 25.1 Å². The van der Waals surface area contributed by atoms with Crippen molar-refractivity contribution in [2.24, 2.45) is 5.92 Å². The Morgan fingerprint density at radius 1 is 1.69 bits per heavy atom. The predicted octanol–water partition coefficient (Wildman–Crippen LogP) is 0.559. The van der Waals surface area contributed by atoms with Crippen molar-refractivity contribution in [2.75, 3.05) is 0 Å². The maximum absolute atomic E-state index is 10.7. The minimum Gasteiger partial charge on any atom is -0.476 e. The fourth-order valence-electron chi connectivity index (χ4n) is 1.66. The summed E-state index contributed by atoms with van der Waals surface area (Å²) in [7, 11) is 0. The standard InChI is InChI=1S/C8H11N3O2/c1-5-2-3-11-6(4-5)7(8(12)13)9-10-11/h5H,2-4H2,1H3,(H,12,13). The van der Waals surface area contributed by atoms with Crippen LogP contribution in [0.1, 0.15) is 29.5 Å². The van der Waals surface area contributed by atoms with Crippen LogP contribution >= 0.6 is 0 Å². The highest BCUT2D eigenvalue weighted by Gasteiger charge is 2.24. The highest BCUT2D eigenvalue weighted by Crippen LogP contribution is 2.20. The third-order valence-corrected chi connectivity index (χ3v) is 2.42. The minimum absolute atomic E-state index is 0.117. The zero-order valence-corrected chi connectivity index (χ0v) is 7.40. The van der Waals surface area contributed by atoms with Gasteiger partial charge in [-0.3, -0.25) is 0 Å². The van der Waals surface area contributed by atoms with E-state index >= 15 is 0 Å². The fraction of sp³-hybridized carbons (Fsp3) is 0.625. The van der Waals surface area contributed by atoms with E-state index in [2.05, 4.69) is 17.2 Å². The van der Waals surface area contributed by atoms with Gasteiger partial charge >= 0.3 is 5.97 Å². The van der Waals surface area contributed by atoms with Crippen LogP contribution in [-0.4, -0.2) is 26.1 Å². The fourth-order valence-corrected chi connectivity index (χ4v) is 1.66. The smallest absolute Gasteiger partial charge is 0.358 e. The topological polar surface area (TPSA) is 68.0 Å². The highest BCUT2D eigenvalue weighted by molar-refractivity contribution is 5.86. The van der Waals surface area contributed by atoms with E-state index in [4.69, 9.17) is 5.11 Å². The molecular weight excluding hydrogens is 170 g/mol. The Hall–Kier alpha value is -1.39. The lowest BCUT2D eigenvalue weighted by Crippen LogP contribution is -2.19. The molecule has 5 nitrogen and oxygen atoms in total. The molecule has 0 aromatic carbocycles. The van der Waals surface area contributed by atoms with E-state index < -0.39 is 5.97 Å². The van der Waals surface area contributed by atoms with E-state index in [9.17, 15) is 4.79 Å². The second kappa shape index (κ2) is 2.83. The van der Waals surface area contributed by atoms with Crippen LogP contribution in [0.4, 0.5) is 0 Å². The van der Waals surface area contributed by atoms with Gasteiger partial charge in [0.15, 0.2) is 5.69 Å². The molecule has 0 amide bonds. The van der Waals surface area contributed by atoms with Crippen LogP contribution in [0.15, 0.2) is 0 Å². The van der Waals surface area contributed by atoms with Crippen LogP contribution in [0.5, 0.6) is 0 Å². The van der Waals surface area contributed by atoms with Crippen LogP contribution in [0, 0.1) is 5.92 Å². The molecule has 0 radical (unpaired) electrons. The van der Waals surface area contributed by atoms with E-state index in [1.807, 2.05) is 0 Å². The first-order valence-electron chi connectivity index (χ1n) is 4.34. The molecule has 1 aliphatic rings. The molecule has 1 unspecified atom stereocenters. The minimum atomic E-state index is -0.977. The highest BCUT2D eigenvalue weighted by atomic mass is 16.4. The van der Waals surface area contributed by atoms with Crippen molar-refractivity contribution in [3.63, 3.8) is 0 Å². The Morgan fingerprint density at radius 2 is 2.46 bits per heavy atom. The van der Waals surface area contributed by atoms with Gasteiger partial charge in [0.1, 0.15) is 0 Å². The van der Waals surface area contributed by atoms with Gasteiger partial charge in [-0.15, -0.1) is 5.10 Å². The summed E-state index contributed by atoms with van der Waals surface area (Å²) in [5, 5.41) is 16.2. The van der Waals surface area contributed by atoms with Gasteiger partial charge in [0, 0.05) is 6.54 Å². The quantitative estimate of drug-likeness (QED) is 0.687. The molecule has 0 saturated heterocycles. The summed E-state index contributed by atoms with van der Waals surface area (Å²) in [6, 6.07) is 0. The number of carboxylic acid groups (broad SMARTS) is 1. The van der Waals surface area contributed by atoms with Crippen molar-refractivity contribution >= 4 is 5.97 Å². The Labute approximate surface area is 75.4 Å². The molecule has 1 aromatic heterocycles. The van der Waals surface area contributed by atoms with Crippen LogP contribution < -0.4 is 0 Å². The monoisotopic (exact) mass is 181 g/mol. The summed E-state index contributed by atoms with van der Waals surface area (Å²) in [4.78, 5) is 10.7. The second-order valence-corrected chi connectivity index (χ2v) is 3.51. The first-order valence-corrected chi connectivity index (χ1v) is 4.34. The molecule has 2 rings (SSSR count). The zero-order valence-electron chi connectivity index (χ0n) is 7.40. The van der Waals surface area contributed by atoms with E-state index in [-0.39, 0.29) is 5.69 Å². The number of aryl methyl sites for hydroxylation is 1. The van der Waals surface area contributed by atoms with Crippen molar-refractivity contribution in [3.05, 3.63) is 11.4 Å². The van der Waals surface area contributed by atoms with E-state index in [0.29, 0.717) is 5.92 Å². The van der Waals surface area contributed by atoms with E-state index in [1.54, 1.807) is 4.68 Å². The van der Waals surface area contributed by atoms with Crippen LogP contribution in [0.25, 0.3) is 0 Å². The summed E-state index contributed by atoms with van der Waals surface area (Å²) in [5.41, 5.74) is 0.887. The van der Waals surface area contributed by atoms with Crippen molar-refractivity contribution in [2.45, 2.75) is 26.3 Å². The Balaban J connectivity index is 2.41. The van der Waals surface area contributed by atoms with Crippen molar-refractivity contribution < 1.29 is 9.90 Å². The summed E-state index contributed by atoms with van der Waals surface area (Å²) in [6.45, 7) is 2.90. The average Bonchev–Trinajstić information content (AvgIpc) is 2.46. The number of carboxylic acids is 1. The molecule has 1 aliphatic heterocycles. The lowest BCUT2D eigenvalue weighted by atomic mass is 9.97. The first kappa shape index (κ1) is 8.22. The average molecular weight is 181 g/mol. The molecule has 2 heterocycles. The number of hydrogen-bond donors (Lipinski definition) is 1. The Kier molecular flexibility index (Phi) is 1.79. The van der Waals surface area contributed by atoms with Crippen LogP contribution in [-0.2, 0) is 13.0 Å². The van der Waals surface area contributed by atoms with Gasteiger partial charge in [-0.1, -0.05) is 12.1 Å². The molecule has 0 spiro atoms. The third-order valence-electron chi connectivity index (χ3n) is 2.42. The molecule has 0 saturated carbocycles. The molecular formula is C8H11N3O2. The Morgan fingerprint density at radius 3 is 3.15 bits per heavy atom. The molecule has 1 atom stereocenters. The molecule has 0 bridgehead atoms. The number of aromatic nitrogens is 3. The summed E-state index contributed by atoms with van der Waals surface area (Å²) < 4.78 is 1.70. The lowest BCUT2D eigenvalue weighted by Gasteiger charge is -2.18. The maximum Gasteiger partial charge on any atom is 0.358 e. The molecule has 1 N–H and O–H groups in total. The SMILES string of the molecule is CC1CCn2nnc(C(=O)O)c2C1. The third kappa shape index (κ3) is 1.30. The van der Waals surface area contributed by atoms with Gasteiger partial charge in [-0.25, -0.2) is 9.48 Å². The van der Waals surface area contributed by atoms with Crippen LogP contribution in [0.3, 0.4) is 0 Å². The summed E-state index contributed by atoms with van der Waals surface area (Å²) in [5.74, 6) is -0.445. The first-order chi connectivity index (χ1) is 6.18. The predicted molar refractivity (Wildman–Crippen MR) is 44.5 cm³/mol. The molecule has 1 aromatic rings. The summed E-state index contributed by atoms with van der Waals surface area (Å²) in [6.07, 6.45) is 1.82. The number of aromatic carboxylic acids is 1. The lowest BCUT2D eigenvalue weighted by molar-refractivity contribution is 0.0688. The zero-order chi connectivity index (χ0) is 9.42. The second-order valence-electron chi connectivity index (χ2n) is 3.51. The van der Waals surface area contributed by atoms with Crippen molar-refractivity contribution in [1.82, 2.24) is 15.0 Å². The number of nitrogens with zero attached hydrogens (tertiary/aromatic N) is 3. The largest absolute Gasteiger partial charge is 0.476 e. The van der Waals surface area contributed by atoms with E-state index in [1.165, 1.54) is 0 Å². The van der Waals surface area contributed by atoms with Gasteiger partial charge in [0.25, 0.3) is 0 Å². The molecule has 70 valence electrons. The van der Waals surface area contributed by atoms with Crippen LogP contribution in [0.2, 0.25) is 0 Å². The van der Waals surface area contributed by atoms with Gasteiger partial charge in [-0.05, 0) is 18.8 Å². The molecule has 0 aliphatic carbocycles. The molecule has 0 fully saturated rings. The number of carbonyl (C=O) groups is 1. The van der Waals surface area contributed by atoms with Crippen molar-refractivity contribution in [3.8, 4) is 0 Å². The normalized spacial score (nSPS) is 21.2. The number of hydrogen-bond acceptors (Lipinski definition) is 3. The Bertz CT molecular complexity index is 345. The van der Waals surface area contributed by atoms with Gasteiger partial charge in [-0.2, -0.15) is 0 Å². The molecule has 13 heavy (non-hydrogen) atoms. The van der Waals surface area contributed by atoms with Gasteiger partial charge in [0.2, 0.25) is 0 Å².